The first-order chi connectivity index (χ1) is 12.7. The molecule has 0 saturated heterocycles. The van der Waals surface area contributed by atoms with Gasteiger partial charge in [-0.05, 0) is 31.9 Å². The fourth-order valence-corrected chi connectivity index (χ4v) is 3.35. The molecule has 2 aromatic heterocycles. The van der Waals surface area contributed by atoms with Crippen LogP contribution in [0, 0.1) is 0 Å². The molecule has 26 heavy (non-hydrogen) atoms. The molecular formula is C20H23N3O2S. The first-order valence-electron chi connectivity index (χ1n) is 8.95. The lowest BCUT2D eigenvalue weighted by molar-refractivity contribution is 0.563. The summed E-state index contributed by atoms with van der Waals surface area (Å²) in [6.07, 6.45) is 5.89. The molecule has 2 heterocycles. The van der Waals surface area contributed by atoms with E-state index in [0.717, 1.165) is 23.9 Å². The molecule has 5 nitrogen and oxygen atoms in total. The molecule has 3 rings (SSSR count). The molecule has 136 valence electrons. The highest BCUT2D eigenvalue weighted by Gasteiger charge is 2.11. The average Bonchev–Trinajstić information content (AvgIpc) is 3.12. The van der Waals surface area contributed by atoms with Crippen molar-refractivity contribution in [2.45, 2.75) is 46.0 Å². The zero-order chi connectivity index (χ0) is 18.4. The van der Waals surface area contributed by atoms with Crippen LogP contribution in [0.4, 0.5) is 5.13 Å². The summed E-state index contributed by atoms with van der Waals surface area (Å²) in [6.45, 7) is 4.23. The summed E-state index contributed by atoms with van der Waals surface area (Å²) >= 11 is 1.42. The van der Waals surface area contributed by atoms with E-state index in [2.05, 4.69) is 22.4 Å². The van der Waals surface area contributed by atoms with Crippen LogP contribution in [0.25, 0.3) is 22.2 Å². The van der Waals surface area contributed by atoms with E-state index in [-0.39, 0.29) is 5.63 Å². The van der Waals surface area contributed by atoms with Gasteiger partial charge in [-0.1, -0.05) is 44.4 Å². The number of hydrogen-bond acceptors (Lipinski definition) is 6. The molecule has 0 bridgehead atoms. The third-order valence-electron chi connectivity index (χ3n) is 4.16. The van der Waals surface area contributed by atoms with Crippen molar-refractivity contribution >= 4 is 33.1 Å². The maximum atomic E-state index is 12.2. The van der Waals surface area contributed by atoms with Gasteiger partial charge in [0.05, 0.1) is 11.3 Å². The first kappa shape index (κ1) is 18.3. The van der Waals surface area contributed by atoms with E-state index in [1.165, 1.54) is 30.6 Å². The summed E-state index contributed by atoms with van der Waals surface area (Å²) in [5.41, 5.74) is 5.33. The van der Waals surface area contributed by atoms with Crippen LogP contribution in [0.3, 0.4) is 0 Å². The molecule has 0 spiro atoms. The number of nitrogens with one attached hydrogen (secondary N) is 1. The highest BCUT2D eigenvalue weighted by Crippen LogP contribution is 2.25. The molecule has 3 aromatic rings. The molecule has 0 aliphatic rings. The maximum Gasteiger partial charge on any atom is 0.345 e. The van der Waals surface area contributed by atoms with Crippen molar-refractivity contribution in [3.63, 3.8) is 0 Å². The summed E-state index contributed by atoms with van der Waals surface area (Å²) in [5.74, 6) is 0. The normalized spacial score (nSPS) is 11.8. The van der Waals surface area contributed by atoms with Gasteiger partial charge in [0.1, 0.15) is 5.58 Å². The molecule has 6 heteroatoms. The molecule has 0 aliphatic heterocycles. The molecule has 0 atom stereocenters. The van der Waals surface area contributed by atoms with E-state index in [0.29, 0.717) is 22.0 Å². The van der Waals surface area contributed by atoms with Gasteiger partial charge in [-0.3, -0.25) is 5.43 Å². The van der Waals surface area contributed by atoms with Gasteiger partial charge in [0.2, 0.25) is 5.13 Å². The second-order valence-electron chi connectivity index (χ2n) is 6.29. The molecule has 0 saturated carbocycles. The third kappa shape index (κ3) is 4.58. The summed E-state index contributed by atoms with van der Waals surface area (Å²) < 4.78 is 5.38. The second kappa shape index (κ2) is 8.76. The summed E-state index contributed by atoms with van der Waals surface area (Å²) in [4.78, 5) is 16.7. The smallest absolute Gasteiger partial charge is 0.345 e. The van der Waals surface area contributed by atoms with Crippen molar-refractivity contribution in [3.8, 4) is 11.3 Å². The van der Waals surface area contributed by atoms with Crippen LogP contribution in [0.5, 0.6) is 0 Å². The minimum Gasteiger partial charge on any atom is -0.422 e. The highest BCUT2D eigenvalue weighted by molar-refractivity contribution is 7.14. The molecule has 0 radical (unpaired) electrons. The molecule has 0 fully saturated rings. The van der Waals surface area contributed by atoms with Gasteiger partial charge in [0.25, 0.3) is 0 Å². The van der Waals surface area contributed by atoms with Gasteiger partial charge < -0.3 is 4.42 Å². The van der Waals surface area contributed by atoms with Gasteiger partial charge in [-0.2, -0.15) is 5.10 Å². The number of para-hydroxylation sites is 1. The number of aromatic nitrogens is 1. The standard InChI is InChI=1S/C20H23N3O2S/c1-3-4-5-6-9-14(2)22-23-20-21-17(13-26-20)16-12-15-10-7-8-11-18(15)25-19(16)24/h7-8,10-13H,3-6,9H2,1-2H3,(H,21,23)/b22-14+. The molecule has 0 amide bonds. The van der Waals surface area contributed by atoms with Crippen LogP contribution in [0.1, 0.15) is 46.0 Å². The molecular weight excluding hydrogens is 346 g/mol. The Bertz CT molecular complexity index is 959. The third-order valence-corrected chi connectivity index (χ3v) is 4.90. The van der Waals surface area contributed by atoms with Crippen molar-refractivity contribution in [1.82, 2.24) is 4.98 Å². The predicted octanol–water partition coefficient (Wildman–Crippen LogP) is 5.67. The number of hydrogen-bond donors (Lipinski definition) is 1. The highest BCUT2D eigenvalue weighted by atomic mass is 32.1. The van der Waals surface area contributed by atoms with E-state index in [1.807, 2.05) is 36.6 Å². The molecule has 1 aromatic carbocycles. The Balaban J connectivity index is 1.70. The fourth-order valence-electron chi connectivity index (χ4n) is 2.70. The van der Waals surface area contributed by atoms with Crippen LogP contribution in [0.15, 0.2) is 50.0 Å². The lowest BCUT2D eigenvalue weighted by Crippen LogP contribution is -2.03. The number of unbranched alkanes of at least 4 members (excludes halogenated alkanes) is 3. The van der Waals surface area contributed by atoms with Crippen molar-refractivity contribution in [1.29, 1.82) is 0 Å². The van der Waals surface area contributed by atoms with Crippen LogP contribution in [-0.4, -0.2) is 10.7 Å². The molecule has 0 aliphatic carbocycles. The minimum atomic E-state index is -0.379. The minimum absolute atomic E-state index is 0.379. The Hall–Kier alpha value is -2.47. The first-order valence-corrected chi connectivity index (χ1v) is 9.83. The average molecular weight is 369 g/mol. The lowest BCUT2D eigenvalue weighted by atomic mass is 10.1. The van der Waals surface area contributed by atoms with Crippen molar-refractivity contribution in [2.24, 2.45) is 5.10 Å². The summed E-state index contributed by atoms with van der Waals surface area (Å²) in [7, 11) is 0. The Morgan fingerprint density at radius 3 is 2.96 bits per heavy atom. The largest absolute Gasteiger partial charge is 0.422 e. The predicted molar refractivity (Wildman–Crippen MR) is 109 cm³/mol. The molecule has 0 unspecified atom stereocenters. The second-order valence-corrected chi connectivity index (χ2v) is 7.15. The number of thiazole rings is 1. The Morgan fingerprint density at radius 1 is 1.27 bits per heavy atom. The SMILES string of the molecule is CCCCCC/C(C)=N/Nc1nc(-c2cc3ccccc3oc2=O)cs1. The van der Waals surface area contributed by atoms with E-state index in [9.17, 15) is 4.79 Å². The van der Waals surface area contributed by atoms with E-state index >= 15 is 0 Å². The van der Waals surface area contributed by atoms with Crippen LogP contribution in [0.2, 0.25) is 0 Å². The van der Waals surface area contributed by atoms with Crippen LogP contribution >= 0.6 is 11.3 Å². The van der Waals surface area contributed by atoms with E-state index in [4.69, 9.17) is 4.42 Å². The van der Waals surface area contributed by atoms with E-state index < -0.39 is 0 Å². The van der Waals surface area contributed by atoms with Gasteiger partial charge in [-0.15, -0.1) is 11.3 Å². The quantitative estimate of drug-likeness (QED) is 0.240. The monoisotopic (exact) mass is 369 g/mol. The van der Waals surface area contributed by atoms with Crippen LogP contribution in [-0.2, 0) is 0 Å². The van der Waals surface area contributed by atoms with Gasteiger partial charge in [-0.25, -0.2) is 9.78 Å². The van der Waals surface area contributed by atoms with Gasteiger partial charge in [0, 0.05) is 16.5 Å². The number of benzene rings is 1. The van der Waals surface area contributed by atoms with Gasteiger partial charge in [0.15, 0.2) is 0 Å². The number of nitrogens with zero attached hydrogens (tertiary/aromatic N) is 2. The Morgan fingerprint density at radius 2 is 2.12 bits per heavy atom. The van der Waals surface area contributed by atoms with Crippen molar-refractivity contribution < 1.29 is 4.42 Å². The Labute approximate surface area is 156 Å². The van der Waals surface area contributed by atoms with E-state index in [1.54, 1.807) is 6.07 Å². The lowest BCUT2D eigenvalue weighted by Gasteiger charge is -2.01. The van der Waals surface area contributed by atoms with Crippen LogP contribution < -0.4 is 11.1 Å². The van der Waals surface area contributed by atoms with Crippen molar-refractivity contribution in [2.75, 3.05) is 5.43 Å². The maximum absolute atomic E-state index is 12.2. The zero-order valence-electron chi connectivity index (χ0n) is 15.1. The summed E-state index contributed by atoms with van der Waals surface area (Å²) in [5, 5.41) is 7.77. The number of fused-ring (bicyclic) bond motifs is 1. The topological polar surface area (TPSA) is 67.5 Å². The zero-order valence-corrected chi connectivity index (χ0v) is 15.9. The van der Waals surface area contributed by atoms with Crippen molar-refractivity contribution in [3.05, 3.63) is 46.1 Å². The number of hydrazone groups is 1. The van der Waals surface area contributed by atoms with Gasteiger partial charge >= 0.3 is 5.63 Å². The number of anilines is 1. The summed E-state index contributed by atoms with van der Waals surface area (Å²) in [6, 6.07) is 9.28. The fraction of sp³-hybridized carbons (Fsp3) is 0.350. The Kier molecular flexibility index (Phi) is 6.17. The number of rotatable bonds is 8. The molecule has 1 N–H and O–H groups in total.